The minimum atomic E-state index is -0.698. The molecule has 1 fully saturated rings. The van der Waals surface area contributed by atoms with Crippen molar-refractivity contribution in [3.63, 3.8) is 0 Å². The summed E-state index contributed by atoms with van der Waals surface area (Å²) >= 11 is 2.64. The van der Waals surface area contributed by atoms with E-state index in [0.29, 0.717) is 11.3 Å². The first-order chi connectivity index (χ1) is 10.1. The number of aromatic nitrogens is 3. The summed E-state index contributed by atoms with van der Waals surface area (Å²) < 4.78 is 1.18. The Kier molecular flexibility index (Phi) is 3.98. The average Bonchev–Trinajstić information content (AvgIpc) is 3.08. The van der Waals surface area contributed by atoms with E-state index in [2.05, 4.69) is 10.1 Å². The van der Waals surface area contributed by atoms with E-state index >= 15 is 0 Å². The second-order valence-electron chi connectivity index (χ2n) is 4.64. The number of nitrogens with one attached hydrogen (secondary N) is 1. The van der Waals surface area contributed by atoms with E-state index in [9.17, 15) is 19.8 Å². The molecule has 9 heteroatoms. The fourth-order valence-electron chi connectivity index (χ4n) is 2.21. The van der Waals surface area contributed by atoms with Gasteiger partial charge < -0.3 is 10.2 Å². The van der Waals surface area contributed by atoms with E-state index in [1.807, 2.05) is 5.38 Å². The number of aromatic amines is 1. The van der Waals surface area contributed by atoms with Crippen LogP contribution in [0.15, 0.2) is 27.1 Å². The molecule has 0 spiro atoms. The van der Waals surface area contributed by atoms with Crippen molar-refractivity contribution in [1.82, 2.24) is 14.8 Å². The normalized spacial score (nSPS) is 25.3. The van der Waals surface area contributed by atoms with E-state index in [0.717, 1.165) is 0 Å². The number of thiophene rings is 1. The van der Waals surface area contributed by atoms with Crippen LogP contribution >= 0.6 is 23.1 Å². The highest BCUT2D eigenvalue weighted by atomic mass is 32.2. The molecule has 1 aliphatic heterocycles. The molecular weight excluding hydrogens is 314 g/mol. The van der Waals surface area contributed by atoms with Crippen molar-refractivity contribution in [2.75, 3.05) is 6.61 Å². The molecule has 0 saturated carbocycles. The number of aliphatic hydroxyl groups is 2. The van der Waals surface area contributed by atoms with Gasteiger partial charge in [0.1, 0.15) is 5.37 Å². The predicted octanol–water partition coefficient (Wildman–Crippen LogP) is 0.0174. The number of H-pyrrole nitrogens is 1. The van der Waals surface area contributed by atoms with Crippen LogP contribution in [0.1, 0.15) is 11.8 Å². The molecule has 0 radical (unpaired) electrons. The van der Waals surface area contributed by atoms with Gasteiger partial charge in [-0.3, -0.25) is 9.78 Å². The fourth-order valence-corrected chi connectivity index (χ4v) is 4.26. The second-order valence-corrected chi connectivity index (χ2v) is 7.01. The molecular formula is C12H13N3O4S2. The molecule has 21 heavy (non-hydrogen) atoms. The smallest absolute Gasteiger partial charge is 0.345 e. The summed E-state index contributed by atoms with van der Waals surface area (Å²) in [5, 5.41) is 24.2. The zero-order valence-corrected chi connectivity index (χ0v) is 12.4. The minimum Gasteiger partial charge on any atom is -0.395 e. The first-order valence-corrected chi connectivity index (χ1v) is 8.14. The first kappa shape index (κ1) is 14.5. The van der Waals surface area contributed by atoms with Gasteiger partial charge >= 0.3 is 5.69 Å². The summed E-state index contributed by atoms with van der Waals surface area (Å²) in [5.74, 6) is 0. The summed E-state index contributed by atoms with van der Waals surface area (Å²) in [5.41, 5.74) is -0.948. The quantitative estimate of drug-likeness (QED) is 0.733. The molecule has 3 N–H and O–H groups in total. The van der Waals surface area contributed by atoms with Gasteiger partial charge in [0.15, 0.2) is 5.69 Å². The molecule has 112 valence electrons. The van der Waals surface area contributed by atoms with Crippen molar-refractivity contribution >= 4 is 23.1 Å². The largest absolute Gasteiger partial charge is 0.395 e. The summed E-state index contributed by atoms with van der Waals surface area (Å²) in [6.45, 7) is -0.168. The molecule has 1 aliphatic rings. The Balaban J connectivity index is 2.02. The van der Waals surface area contributed by atoms with Crippen LogP contribution in [0.5, 0.6) is 0 Å². The number of rotatable bonds is 3. The Hall–Kier alpha value is -1.42. The molecule has 1 saturated heterocycles. The summed E-state index contributed by atoms with van der Waals surface area (Å²) in [6.07, 6.45) is -0.394. The van der Waals surface area contributed by atoms with E-state index in [1.165, 1.54) is 27.8 Å². The summed E-state index contributed by atoms with van der Waals surface area (Å²) in [6, 6.07) is 3.55. The molecule has 0 bridgehead atoms. The molecule has 0 unspecified atom stereocenters. The van der Waals surface area contributed by atoms with Crippen LogP contribution in [0.3, 0.4) is 0 Å². The van der Waals surface area contributed by atoms with Crippen LogP contribution in [0.2, 0.25) is 0 Å². The molecule has 0 amide bonds. The van der Waals surface area contributed by atoms with Gasteiger partial charge in [0, 0.05) is 6.42 Å². The number of hydrogen-bond donors (Lipinski definition) is 3. The van der Waals surface area contributed by atoms with Crippen molar-refractivity contribution in [2.24, 2.45) is 0 Å². The molecule has 3 atom stereocenters. The Morgan fingerprint density at radius 3 is 2.90 bits per heavy atom. The highest BCUT2D eigenvalue weighted by Crippen LogP contribution is 2.40. The number of thioether (sulfide) groups is 1. The lowest BCUT2D eigenvalue weighted by atomic mass is 10.2. The third kappa shape index (κ3) is 2.69. The lowest BCUT2D eigenvalue weighted by molar-refractivity contribution is 0.136. The number of aliphatic hydroxyl groups excluding tert-OH is 2. The topological polar surface area (TPSA) is 108 Å². The molecule has 7 nitrogen and oxygen atoms in total. The van der Waals surface area contributed by atoms with E-state index < -0.39 is 22.7 Å². The van der Waals surface area contributed by atoms with Crippen molar-refractivity contribution in [3.8, 4) is 10.6 Å². The van der Waals surface area contributed by atoms with Gasteiger partial charge in [-0.1, -0.05) is 6.07 Å². The van der Waals surface area contributed by atoms with Crippen LogP contribution in [0, 0.1) is 0 Å². The minimum absolute atomic E-state index is 0.168. The number of hydrogen-bond acceptors (Lipinski definition) is 7. The van der Waals surface area contributed by atoms with Crippen molar-refractivity contribution in [2.45, 2.75) is 23.1 Å². The van der Waals surface area contributed by atoms with Gasteiger partial charge in [0.25, 0.3) is 5.56 Å². The lowest BCUT2D eigenvalue weighted by Crippen LogP contribution is -2.34. The van der Waals surface area contributed by atoms with Crippen LogP contribution < -0.4 is 11.2 Å². The zero-order valence-electron chi connectivity index (χ0n) is 10.8. The molecule has 3 heterocycles. The predicted molar refractivity (Wildman–Crippen MR) is 80.6 cm³/mol. The lowest BCUT2D eigenvalue weighted by Gasteiger charge is -2.12. The van der Waals surface area contributed by atoms with Gasteiger partial charge in [-0.05, 0) is 11.4 Å². The van der Waals surface area contributed by atoms with Crippen LogP contribution in [0.4, 0.5) is 0 Å². The van der Waals surface area contributed by atoms with Gasteiger partial charge in [0.2, 0.25) is 0 Å². The summed E-state index contributed by atoms with van der Waals surface area (Å²) in [7, 11) is 0. The van der Waals surface area contributed by atoms with Crippen LogP contribution in [-0.4, -0.2) is 42.9 Å². The van der Waals surface area contributed by atoms with E-state index in [4.69, 9.17) is 0 Å². The Morgan fingerprint density at radius 2 is 2.29 bits per heavy atom. The van der Waals surface area contributed by atoms with Gasteiger partial charge in [0.05, 0.1) is 22.8 Å². The third-order valence-electron chi connectivity index (χ3n) is 3.26. The maximum atomic E-state index is 11.9. The molecule has 2 aromatic heterocycles. The molecule has 2 aromatic rings. The summed E-state index contributed by atoms with van der Waals surface area (Å²) in [4.78, 5) is 26.7. The van der Waals surface area contributed by atoms with Crippen molar-refractivity contribution in [1.29, 1.82) is 0 Å². The van der Waals surface area contributed by atoms with Gasteiger partial charge in [-0.25, -0.2) is 9.48 Å². The standard InChI is InChI=1S/C12H13N3O4S2/c16-5-8-6(17)4-9(21-8)15-12(19)13-11(18)10(14-15)7-2-1-3-20-7/h1-3,6,8-9,16-17H,4-5H2,(H,13,18,19)/t6-,8+,9+/m0/s1. The molecule has 0 aromatic carbocycles. The molecule has 3 rings (SSSR count). The third-order valence-corrected chi connectivity index (χ3v) is 5.66. The Labute approximate surface area is 127 Å². The highest BCUT2D eigenvalue weighted by molar-refractivity contribution is 8.00. The van der Waals surface area contributed by atoms with Crippen molar-refractivity contribution in [3.05, 3.63) is 38.4 Å². The van der Waals surface area contributed by atoms with Crippen molar-refractivity contribution < 1.29 is 10.2 Å². The average molecular weight is 327 g/mol. The SMILES string of the molecule is O=c1[nH]c(=O)n([C@H]2C[C@H](O)[C@@H](CO)S2)nc1-c1cccs1. The van der Waals surface area contributed by atoms with E-state index in [-0.39, 0.29) is 17.6 Å². The highest BCUT2D eigenvalue weighted by Gasteiger charge is 2.35. The monoisotopic (exact) mass is 327 g/mol. The zero-order chi connectivity index (χ0) is 15.0. The second kappa shape index (κ2) is 5.76. The maximum absolute atomic E-state index is 11.9. The maximum Gasteiger partial charge on any atom is 0.345 e. The van der Waals surface area contributed by atoms with E-state index in [1.54, 1.807) is 12.1 Å². The first-order valence-electron chi connectivity index (χ1n) is 6.31. The molecule has 0 aliphatic carbocycles. The number of nitrogens with zero attached hydrogens (tertiary/aromatic N) is 2. The Bertz CT molecular complexity index is 740. The van der Waals surface area contributed by atoms with Gasteiger partial charge in [-0.2, -0.15) is 5.10 Å². The fraction of sp³-hybridized carbons (Fsp3) is 0.417. The van der Waals surface area contributed by atoms with Crippen LogP contribution in [0.25, 0.3) is 10.6 Å². The van der Waals surface area contributed by atoms with Crippen LogP contribution in [-0.2, 0) is 0 Å². The van der Waals surface area contributed by atoms with Gasteiger partial charge in [-0.15, -0.1) is 23.1 Å². The Morgan fingerprint density at radius 1 is 1.48 bits per heavy atom.